The summed E-state index contributed by atoms with van der Waals surface area (Å²) in [6.45, 7) is 13.3. The van der Waals surface area contributed by atoms with Gasteiger partial charge in [-0.1, -0.05) is 41.5 Å². The summed E-state index contributed by atoms with van der Waals surface area (Å²) < 4.78 is 0. The third-order valence-corrected chi connectivity index (χ3v) is 2.59. The van der Waals surface area contributed by atoms with E-state index in [4.69, 9.17) is 0 Å². The standard InChI is InChI=1S/C7H14.C2H6/c1-6(2)5-7(6,3)4;1-2/h5H2,1-4H3;1-2H3. The van der Waals surface area contributed by atoms with Crippen LogP contribution in [0.3, 0.4) is 0 Å². The highest BCUT2D eigenvalue weighted by molar-refractivity contribution is 5.02. The van der Waals surface area contributed by atoms with Gasteiger partial charge in [-0.15, -0.1) is 0 Å². The highest BCUT2D eigenvalue weighted by atomic mass is 14.6. The SMILES string of the molecule is CC.CC1(C)CC1(C)C. The zero-order valence-electron chi connectivity index (χ0n) is 7.71. The van der Waals surface area contributed by atoms with Gasteiger partial charge in [-0.3, -0.25) is 0 Å². The number of hydrogen-bond acceptors (Lipinski definition) is 0. The van der Waals surface area contributed by atoms with Crippen LogP contribution in [0.1, 0.15) is 48.0 Å². The topological polar surface area (TPSA) is 0 Å². The highest BCUT2D eigenvalue weighted by Crippen LogP contribution is 2.62. The lowest BCUT2D eigenvalue weighted by molar-refractivity contribution is 0.457. The summed E-state index contributed by atoms with van der Waals surface area (Å²) in [6.07, 6.45) is 1.40. The molecule has 0 N–H and O–H groups in total. The van der Waals surface area contributed by atoms with Gasteiger partial charge in [-0.2, -0.15) is 0 Å². The Morgan fingerprint density at radius 1 is 0.778 bits per heavy atom. The van der Waals surface area contributed by atoms with Crippen molar-refractivity contribution in [3.05, 3.63) is 0 Å². The molecule has 1 aliphatic carbocycles. The van der Waals surface area contributed by atoms with Crippen LogP contribution in [0.15, 0.2) is 0 Å². The maximum atomic E-state index is 2.33. The molecule has 0 unspecified atom stereocenters. The number of hydrogen-bond donors (Lipinski definition) is 0. The second kappa shape index (κ2) is 2.32. The molecule has 0 spiro atoms. The van der Waals surface area contributed by atoms with Gasteiger partial charge in [-0.25, -0.2) is 0 Å². The maximum absolute atomic E-state index is 2.33. The third-order valence-electron chi connectivity index (χ3n) is 2.59. The van der Waals surface area contributed by atoms with Crippen molar-refractivity contribution in [2.45, 2.75) is 48.0 Å². The van der Waals surface area contributed by atoms with Crippen molar-refractivity contribution in [1.82, 2.24) is 0 Å². The molecule has 0 aromatic carbocycles. The van der Waals surface area contributed by atoms with Gasteiger partial charge in [0.25, 0.3) is 0 Å². The second-order valence-corrected chi connectivity index (χ2v) is 3.94. The molecule has 0 atom stereocenters. The quantitative estimate of drug-likeness (QED) is 0.468. The maximum Gasteiger partial charge on any atom is -0.0297 e. The summed E-state index contributed by atoms with van der Waals surface area (Å²) in [5.74, 6) is 0. The Kier molecular flexibility index (Phi) is 2.32. The van der Waals surface area contributed by atoms with Gasteiger partial charge >= 0.3 is 0 Å². The van der Waals surface area contributed by atoms with E-state index in [2.05, 4.69) is 27.7 Å². The lowest BCUT2D eigenvalue weighted by atomic mass is 10.0. The van der Waals surface area contributed by atoms with E-state index in [0.29, 0.717) is 10.8 Å². The highest BCUT2D eigenvalue weighted by Gasteiger charge is 2.53. The molecule has 1 saturated carbocycles. The van der Waals surface area contributed by atoms with E-state index < -0.39 is 0 Å². The van der Waals surface area contributed by atoms with Gasteiger partial charge in [0, 0.05) is 0 Å². The fraction of sp³-hybridized carbons (Fsp3) is 1.00. The minimum Gasteiger partial charge on any atom is -0.0683 e. The molecule has 1 aliphatic rings. The zero-order valence-corrected chi connectivity index (χ0v) is 7.71. The van der Waals surface area contributed by atoms with Crippen molar-refractivity contribution < 1.29 is 0 Å². The fourth-order valence-electron chi connectivity index (χ4n) is 1.06. The van der Waals surface area contributed by atoms with Crippen LogP contribution in [0.4, 0.5) is 0 Å². The average Bonchev–Trinajstić information content (AvgIpc) is 2.10. The first-order valence-corrected chi connectivity index (χ1v) is 3.96. The van der Waals surface area contributed by atoms with E-state index in [1.165, 1.54) is 6.42 Å². The molecule has 0 radical (unpaired) electrons. The van der Waals surface area contributed by atoms with Gasteiger partial charge in [-0.05, 0) is 17.3 Å². The normalized spacial score (nSPS) is 26.0. The van der Waals surface area contributed by atoms with Gasteiger partial charge in [0.2, 0.25) is 0 Å². The molecule has 0 aliphatic heterocycles. The number of rotatable bonds is 0. The molecule has 1 rings (SSSR count). The summed E-state index contributed by atoms with van der Waals surface area (Å²) in [7, 11) is 0. The van der Waals surface area contributed by atoms with Crippen molar-refractivity contribution in [1.29, 1.82) is 0 Å². The van der Waals surface area contributed by atoms with Crippen LogP contribution in [-0.2, 0) is 0 Å². The van der Waals surface area contributed by atoms with E-state index in [1.54, 1.807) is 0 Å². The minimum absolute atomic E-state index is 0.646. The van der Waals surface area contributed by atoms with E-state index in [0.717, 1.165) is 0 Å². The molecule has 0 aromatic rings. The van der Waals surface area contributed by atoms with Gasteiger partial charge in [0.1, 0.15) is 0 Å². The molecule has 0 amide bonds. The van der Waals surface area contributed by atoms with E-state index >= 15 is 0 Å². The molecule has 0 heterocycles. The lowest BCUT2D eigenvalue weighted by Gasteiger charge is -2.04. The molecule has 0 nitrogen and oxygen atoms in total. The summed E-state index contributed by atoms with van der Waals surface area (Å²) >= 11 is 0. The van der Waals surface area contributed by atoms with Crippen LogP contribution in [0.25, 0.3) is 0 Å². The van der Waals surface area contributed by atoms with Crippen molar-refractivity contribution in [3.63, 3.8) is 0 Å². The summed E-state index contributed by atoms with van der Waals surface area (Å²) in [5.41, 5.74) is 1.29. The Labute approximate surface area is 59.7 Å². The smallest absolute Gasteiger partial charge is 0.0297 e. The first-order chi connectivity index (χ1) is 3.96. The first-order valence-electron chi connectivity index (χ1n) is 3.96. The van der Waals surface area contributed by atoms with Crippen molar-refractivity contribution in [2.24, 2.45) is 10.8 Å². The van der Waals surface area contributed by atoms with E-state index in [9.17, 15) is 0 Å². The van der Waals surface area contributed by atoms with Crippen LogP contribution in [0.5, 0.6) is 0 Å². The second-order valence-electron chi connectivity index (χ2n) is 3.94. The monoisotopic (exact) mass is 128 g/mol. The molecule has 9 heavy (non-hydrogen) atoms. The Balaban J connectivity index is 0.000000291. The van der Waals surface area contributed by atoms with Gasteiger partial charge in [0.05, 0.1) is 0 Å². The molecule has 1 fully saturated rings. The molecule has 56 valence electrons. The zero-order chi connectivity index (χ0) is 7.71. The molecule has 0 bridgehead atoms. The molecule has 0 heteroatoms. The van der Waals surface area contributed by atoms with Crippen molar-refractivity contribution in [2.75, 3.05) is 0 Å². The molecular weight excluding hydrogens is 108 g/mol. The van der Waals surface area contributed by atoms with Crippen LogP contribution in [-0.4, -0.2) is 0 Å². The molecule has 0 saturated heterocycles. The predicted molar refractivity (Wildman–Crippen MR) is 43.5 cm³/mol. The minimum atomic E-state index is 0.646. The van der Waals surface area contributed by atoms with Gasteiger partial charge < -0.3 is 0 Å². The van der Waals surface area contributed by atoms with Crippen LogP contribution < -0.4 is 0 Å². The Morgan fingerprint density at radius 3 is 0.889 bits per heavy atom. The van der Waals surface area contributed by atoms with Gasteiger partial charge in [0.15, 0.2) is 0 Å². The van der Waals surface area contributed by atoms with Crippen molar-refractivity contribution >= 4 is 0 Å². The largest absolute Gasteiger partial charge is 0.0683 e. The molecular formula is C9H20. The van der Waals surface area contributed by atoms with Crippen LogP contribution >= 0.6 is 0 Å². The Morgan fingerprint density at radius 2 is 0.889 bits per heavy atom. The Hall–Kier alpha value is 0. The average molecular weight is 128 g/mol. The summed E-state index contributed by atoms with van der Waals surface area (Å²) in [6, 6.07) is 0. The third kappa shape index (κ3) is 1.70. The van der Waals surface area contributed by atoms with Crippen LogP contribution in [0, 0.1) is 10.8 Å². The van der Waals surface area contributed by atoms with E-state index in [-0.39, 0.29) is 0 Å². The summed E-state index contributed by atoms with van der Waals surface area (Å²) in [4.78, 5) is 0. The van der Waals surface area contributed by atoms with Crippen LogP contribution in [0.2, 0.25) is 0 Å². The van der Waals surface area contributed by atoms with E-state index in [1.807, 2.05) is 13.8 Å². The summed E-state index contributed by atoms with van der Waals surface area (Å²) in [5, 5.41) is 0. The molecule has 0 aromatic heterocycles. The fourth-order valence-corrected chi connectivity index (χ4v) is 1.06. The predicted octanol–water partition coefficient (Wildman–Crippen LogP) is 3.47. The Bertz CT molecular complexity index is 76.2. The lowest BCUT2D eigenvalue weighted by Crippen LogP contribution is -1.95. The van der Waals surface area contributed by atoms with Crippen molar-refractivity contribution in [3.8, 4) is 0 Å². The first kappa shape index (κ1) is 9.00.